The summed E-state index contributed by atoms with van der Waals surface area (Å²) in [5.74, 6) is -0.0665. The summed E-state index contributed by atoms with van der Waals surface area (Å²) in [7, 11) is 1.93. The molecule has 1 atom stereocenters. The summed E-state index contributed by atoms with van der Waals surface area (Å²) in [5, 5.41) is 9.30. The third-order valence-electron chi connectivity index (χ3n) is 5.18. The molecule has 2 heterocycles. The molecule has 0 saturated heterocycles. The highest BCUT2D eigenvalue weighted by Crippen LogP contribution is 2.25. The number of carbonyl (C=O) groups is 3. The van der Waals surface area contributed by atoms with Crippen LogP contribution < -0.4 is 16.0 Å². The fourth-order valence-corrected chi connectivity index (χ4v) is 4.05. The zero-order valence-electron chi connectivity index (χ0n) is 16.7. The van der Waals surface area contributed by atoms with Crippen LogP contribution in [0.4, 0.5) is 11.4 Å². The van der Waals surface area contributed by atoms with E-state index in [9.17, 15) is 14.4 Å². The standard InChI is InChI=1S/C22H22N4O3S/c1-26-10-8-14-15(4-3-5-19(14)26)20(27)23-13-6-7-17-16(12-13)21(28)25-18(9-11-30-2)22(29)24-17/h3-8,10,12,18H,9,11H2,1-2H3,(H,23,27)(H,24,29)(H,25,28)/t18-/m0/s1. The predicted octanol–water partition coefficient (Wildman–Crippen LogP) is 3.23. The van der Waals surface area contributed by atoms with Gasteiger partial charge in [-0.25, -0.2) is 0 Å². The number of rotatable bonds is 5. The van der Waals surface area contributed by atoms with E-state index in [1.807, 2.05) is 42.3 Å². The summed E-state index contributed by atoms with van der Waals surface area (Å²) in [6, 6.07) is 11.8. The molecule has 0 spiro atoms. The SMILES string of the molecule is CSCC[C@@H]1NC(=O)c2cc(NC(=O)c3cccc4c3ccn4C)ccc2NC1=O. The summed E-state index contributed by atoms with van der Waals surface area (Å²) in [6.07, 6.45) is 4.41. The van der Waals surface area contributed by atoms with Gasteiger partial charge in [0.05, 0.1) is 11.3 Å². The van der Waals surface area contributed by atoms with Crippen molar-refractivity contribution in [3.8, 4) is 0 Å². The van der Waals surface area contributed by atoms with Gasteiger partial charge in [0.25, 0.3) is 11.8 Å². The van der Waals surface area contributed by atoms with E-state index in [-0.39, 0.29) is 17.7 Å². The normalized spacial score (nSPS) is 15.9. The van der Waals surface area contributed by atoms with Crippen LogP contribution in [-0.4, -0.2) is 40.3 Å². The molecule has 1 aliphatic rings. The molecule has 3 amide bonds. The Labute approximate surface area is 178 Å². The van der Waals surface area contributed by atoms with Gasteiger partial charge in [0.1, 0.15) is 6.04 Å². The summed E-state index contributed by atoms with van der Waals surface area (Å²) in [6.45, 7) is 0. The molecule has 7 nitrogen and oxygen atoms in total. The van der Waals surface area contributed by atoms with Crippen molar-refractivity contribution in [1.82, 2.24) is 9.88 Å². The highest BCUT2D eigenvalue weighted by molar-refractivity contribution is 7.98. The first-order valence-corrected chi connectivity index (χ1v) is 11.0. The first-order chi connectivity index (χ1) is 14.5. The number of nitrogens with one attached hydrogen (secondary N) is 3. The van der Waals surface area contributed by atoms with Crippen molar-refractivity contribution in [2.45, 2.75) is 12.5 Å². The number of aromatic nitrogens is 1. The van der Waals surface area contributed by atoms with Gasteiger partial charge >= 0.3 is 0 Å². The third-order valence-corrected chi connectivity index (χ3v) is 5.83. The molecule has 4 rings (SSSR count). The minimum Gasteiger partial charge on any atom is -0.351 e. The zero-order valence-corrected chi connectivity index (χ0v) is 17.5. The van der Waals surface area contributed by atoms with Crippen molar-refractivity contribution >= 4 is 51.8 Å². The minimum atomic E-state index is -0.578. The van der Waals surface area contributed by atoms with E-state index in [0.717, 1.165) is 16.7 Å². The quantitative estimate of drug-likeness (QED) is 0.589. The molecule has 0 aliphatic carbocycles. The van der Waals surface area contributed by atoms with E-state index in [2.05, 4.69) is 16.0 Å². The second-order valence-electron chi connectivity index (χ2n) is 7.18. The molecule has 0 unspecified atom stereocenters. The van der Waals surface area contributed by atoms with Crippen LogP contribution in [0.25, 0.3) is 10.9 Å². The fraction of sp³-hybridized carbons (Fsp3) is 0.227. The molecule has 3 aromatic rings. The van der Waals surface area contributed by atoms with Crippen LogP contribution in [-0.2, 0) is 11.8 Å². The van der Waals surface area contributed by atoms with Crippen LogP contribution in [0.2, 0.25) is 0 Å². The first-order valence-electron chi connectivity index (χ1n) is 9.58. The van der Waals surface area contributed by atoms with Crippen molar-refractivity contribution in [2.75, 3.05) is 22.6 Å². The average molecular weight is 423 g/mol. The summed E-state index contributed by atoms with van der Waals surface area (Å²) in [5.41, 5.74) is 2.76. The molecule has 0 bridgehead atoms. The van der Waals surface area contributed by atoms with Crippen LogP contribution >= 0.6 is 11.8 Å². The Kier molecular flexibility index (Phi) is 5.50. The van der Waals surface area contributed by atoms with Crippen molar-refractivity contribution in [1.29, 1.82) is 0 Å². The van der Waals surface area contributed by atoms with Crippen LogP contribution in [0.5, 0.6) is 0 Å². The number of thioether (sulfide) groups is 1. The lowest BCUT2D eigenvalue weighted by molar-refractivity contribution is -0.117. The monoisotopic (exact) mass is 422 g/mol. The average Bonchev–Trinajstić information content (AvgIpc) is 3.07. The third kappa shape index (κ3) is 3.78. The van der Waals surface area contributed by atoms with Crippen LogP contribution in [0.1, 0.15) is 27.1 Å². The maximum Gasteiger partial charge on any atom is 0.256 e. The minimum absolute atomic E-state index is 0.233. The van der Waals surface area contributed by atoms with E-state index in [1.165, 1.54) is 0 Å². The lowest BCUT2D eigenvalue weighted by Crippen LogP contribution is -2.41. The van der Waals surface area contributed by atoms with Gasteiger partial charge in [-0.05, 0) is 54.8 Å². The molecule has 0 saturated carbocycles. The van der Waals surface area contributed by atoms with Gasteiger partial charge in [-0.3, -0.25) is 14.4 Å². The summed E-state index contributed by atoms with van der Waals surface area (Å²) in [4.78, 5) is 38.0. The van der Waals surface area contributed by atoms with Gasteiger partial charge in [0, 0.05) is 35.4 Å². The van der Waals surface area contributed by atoms with Gasteiger partial charge in [0.15, 0.2) is 0 Å². The van der Waals surface area contributed by atoms with Crippen LogP contribution in [0.3, 0.4) is 0 Å². The number of benzene rings is 2. The van der Waals surface area contributed by atoms with Crippen LogP contribution in [0, 0.1) is 0 Å². The molecule has 8 heteroatoms. The summed E-state index contributed by atoms with van der Waals surface area (Å²) < 4.78 is 1.95. The van der Waals surface area contributed by atoms with Gasteiger partial charge < -0.3 is 20.5 Å². The molecule has 30 heavy (non-hydrogen) atoms. The van der Waals surface area contributed by atoms with Crippen molar-refractivity contribution in [2.24, 2.45) is 7.05 Å². The number of amides is 3. The predicted molar refractivity (Wildman–Crippen MR) is 120 cm³/mol. The second-order valence-corrected chi connectivity index (χ2v) is 8.16. The van der Waals surface area contributed by atoms with Gasteiger partial charge in [-0.15, -0.1) is 0 Å². The maximum absolute atomic E-state index is 12.9. The molecule has 0 radical (unpaired) electrons. The van der Waals surface area contributed by atoms with E-state index < -0.39 is 6.04 Å². The lowest BCUT2D eigenvalue weighted by atomic mass is 10.1. The number of carbonyl (C=O) groups excluding carboxylic acids is 3. The molecule has 1 aromatic heterocycles. The number of hydrogen-bond donors (Lipinski definition) is 3. The second kappa shape index (κ2) is 8.23. The fourth-order valence-electron chi connectivity index (χ4n) is 3.58. The van der Waals surface area contributed by atoms with Crippen molar-refractivity contribution in [3.63, 3.8) is 0 Å². The van der Waals surface area contributed by atoms with Crippen LogP contribution in [0.15, 0.2) is 48.7 Å². The summed E-state index contributed by atoms with van der Waals surface area (Å²) >= 11 is 1.62. The van der Waals surface area contributed by atoms with Gasteiger partial charge in [-0.2, -0.15) is 11.8 Å². The zero-order chi connectivity index (χ0) is 21.3. The Morgan fingerprint density at radius 3 is 2.83 bits per heavy atom. The number of fused-ring (bicyclic) bond motifs is 2. The number of hydrogen-bond acceptors (Lipinski definition) is 4. The molecule has 2 aromatic carbocycles. The first kappa shape index (κ1) is 20.0. The van der Waals surface area contributed by atoms with Gasteiger partial charge in [0.2, 0.25) is 5.91 Å². The highest BCUT2D eigenvalue weighted by Gasteiger charge is 2.27. The topological polar surface area (TPSA) is 92.2 Å². The molecular weight excluding hydrogens is 400 g/mol. The van der Waals surface area contributed by atoms with E-state index >= 15 is 0 Å². The number of anilines is 2. The Morgan fingerprint density at radius 2 is 2.03 bits per heavy atom. The number of aryl methyl sites for hydroxylation is 1. The Bertz CT molecular complexity index is 1150. The molecular formula is C22H22N4O3S. The maximum atomic E-state index is 12.9. The van der Waals surface area contributed by atoms with Crippen molar-refractivity contribution < 1.29 is 14.4 Å². The highest BCUT2D eigenvalue weighted by atomic mass is 32.2. The molecule has 0 fully saturated rings. The van der Waals surface area contributed by atoms with E-state index in [4.69, 9.17) is 0 Å². The Morgan fingerprint density at radius 1 is 1.20 bits per heavy atom. The van der Waals surface area contributed by atoms with E-state index in [0.29, 0.717) is 28.9 Å². The number of nitrogens with zero attached hydrogens (tertiary/aromatic N) is 1. The smallest absolute Gasteiger partial charge is 0.256 e. The lowest BCUT2D eigenvalue weighted by Gasteiger charge is -2.13. The van der Waals surface area contributed by atoms with Gasteiger partial charge in [-0.1, -0.05) is 6.07 Å². The Hall–Kier alpha value is -3.26. The molecule has 1 aliphatic heterocycles. The molecule has 154 valence electrons. The largest absolute Gasteiger partial charge is 0.351 e. The van der Waals surface area contributed by atoms with E-state index in [1.54, 1.807) is 36.0 Å². The van der Waals surface area contributed by atoms with Crippen molar-refractivity contribution in [3.05, 3.63) is 59.8 Å². The molecule has 3 N–H and O–H groups in total. The Balaban J connectivity index is 1.58.